The number of benzene rings is 1. The molecule has 0 aliphatic carbocycles. The Morgan fingerprint density at radius 3 is 2.79 bits per heavy atom. The average molecular weight is 256 g/mol. The molecule has 74 valence electrons. The van der Waals surface area contributed by atoms with E-state index in [0.29, 0.717) is 11.3 Å². The van der Waals surface area contributed by atoms with Gasteiger partial charge in [-0.15, -0.1) is 0 Å². The molecule has 0 fully saturated rings. The largest absolute Gasteiger partial charge is 0.384 e. The molecule has 0 atom stereocenters. The summed E-state index contributed by atoms with van der Waals surface area (Å²) in [6, 6.07) is 5.61. The molecule has 0 aliphatic rings. The first-order valence-corrected chi connectivity index (χ1v) is 5.05. The summed E-state index contributed by atoms with van der Waals surface area (Å²) in [5.74, 6) is 0. The molecule has 1 aromatic heterocycles. The zero-order chi connectivity index (χ0) is 10.3. The van der Waals surface area contributed by atoms with Gasteiger partial charge in [0.1, 0.15) is 11.3 Å². The van der Waals surface area contributed by atoms with Crippen LogP contribution in [0.15, 0.2) is 27.2 Å². The summed E-state index contributed by atoms with van der Waals surface area (Å²) in [6.45, 7) is 3.37. The van der Waals surface area contributed by atoms with Crippen molar-refractivity contribution in [3.8, 4) is 0 Å². The normalized spacial score (nSPS) is 12.3. The molecule has 0 spiro atoms. The van der Waals surface area contributed by atoms with E-state index in [2.05, 4.69) is 21.1 Å². The zero-order valence-electron chi connectivity index (χ0n) is 7.91. The Kier molecular flexibility index (Phi) is 2.12. The van der Waals surface area contributed by atoms with E-state index in [9.17, 15) is 5.11 Å². The van der Waals surface area contributed by atoms with Crippen LogP contribution in [0.1, 0.15) is 19.5 Å². The second kappa shape index (κ2) is 3.07. The molecule has 0 unspecified atom stereocenters. The van der Waals surface area contributed by atoms with Crippen molar-refractivity contribution < 1.29 is 9.63 Å². The smallest absolute Gasteiger partial charge is 0.168 e. The molecule has 2 rings (SSSR count). The minimum Gasteiger partial charge on any atom is -0.384 e. The van der Waals surface area contributed by atoms with Gasteiger partial charge in [0, 0.05) is 9.86 Å². The maximum Gasteiger partial charge on any atom is 0.168 e. The monoisotopic (exact) mass is 255 g/mol. The van der Waals surface area contributed by atoms with E-state index < -0.39 is 5.60 Å². The van der Waals surface area contributed by atoms with Gasteiger partial charge in [-0.2, -0.15) is 0 Å². The van der Waals surface area contributed by atoms with Gasteiger partial charge in [-0.25, -0.2) is 0 Å². The van der Waals surface area contributed by atoms with Crippen LogP contribution in [0.5, 0.6) is 0 Å². The molecule has 0 radical (unpaired) electrons. The Balaban J connectivity index is 2.70. The number of fused-ring (bicyclic) bond motifs is 1. The summed E-state index contributed by atoms with van der Waals surface area (Å²) in [5, 5.41) is 14.5. The molecule has 1 N–H and O–H groups in total. The fourth-order valence-electron chi connectivity index (χ4n) is 1.35. The Bertz CT molecular complexity index is 470. The molecule has 0 amide bonds. The lowest BCUT2D eigenvalue weighted by atomic mass is 10.0. The number of hydrogen-bond acceptors (Lipinski definition) is 3. The van der Waals surface area contributed by atoms with Crippen LogP contribution in [0, 0.1) is 0 Å². The summed E-state index contributed by atoms with van der Waals surface area (Å²) in [5.41, 5.74) is 0.274. The Labute approximate surface area is 89.8 Å². The van der Waals surface area contributed by atoms with Crippen molar-refractivity contribution >= 4 is 26.9 Å². The van der Waals surface area contributed by atoms with Crippen LogP contribution < -0.4 is 0 Å². The first-order chi connectivity index (χ1) is 6.48. The van der Waals surface area contributed by atoms with Gasteiger partial charge in [-0.1, -0.05) is 21.1 Å². The number of halogens is 1. The molecule has 2 aromatic rings. The average Bonchev–Trinajstić information content (AvgIpc) is 2.45. The Morgan fingerprint density at radius 2 is 2.14 bits per heavy atom. The number of aliphatic hydroxyl groups is 1. The van der Waals surface area contributed by atoms with E-state index in [-0.39, 0.29) is 0 Å². The molecule has 3 nitrogen and oxygen atoms in total. The molecule has 14 heavy (non-hydrogen) atoms. The molecule has 0 saturated heterocycles. The number of aromatic nitrogens is 1. The van der Waals surface area contributed by atoms with Gasteiger partial charge in [0.05, 0.1) is 0 Å². The van der Waals surface area contributed by atoms with Gasteiger partial charge < -0.3 is 9.63 Å². The van der Waals surface area contributed by atoms with E-state index in [0.717, 1.165) is 9.86 Å². The highest BCUT2D eigenvalue weighted by Crippen LogP contribution is 2.29. The summed E-state index contributed by atoms with van der Waals surface area (Å²) >= 11 is 3.34. The first-order valence-electron chi connectivity index (χ1n) is 4.26. The molecular formula is C10H10BrNO2. The lowest BCUT2D eigenvalue weighted by Gasteiger charge is -2.12. The van der Waals surface area contributed by atoms with Crippen molar-refractivity contribution in [3.63, 3.8) is 0 Å². The molecule has 0 aliphatic heterocycles. The third kappa shape index (κ3) is 1.55. The van der Waals surface area contributed by atoms with Crippen LogP contribution in [0.25, 0.3) is 11.0 Å². The van der Waals surface area contributed by atoms with Crippen molar-refractivity contribution in [2.75, 3.05) is 0 Å². The molecule has 1 heterocycles. The summed E-state index contributed by atoms with van der Waals surface area (Å²) in [4.78, 5) is 0. The predicted octanol–water partition coefficient (Wildman–Crippen LogP) is 2.82. The van der Waals surface area contributed by atoms with Gasteiger partial charge in [0.2, 0.25) is 0 Å². The maximum atomic E-state index is 9.81. The summed E-state index contributed by atoms with van der Waals surface area (Å²) in [7, 11) is 0. The molecule has 0 bridgehead atoms. The molecule has 1 aromatic carbocycles. The minimum atomic E-state index is -0.973. The molecule has 0 saturated carbocycles. The van der Waals surface area contributed by atoms with Crippen LogP contribution in [0.3, 0.4) is 0 Å². The minimum absolute atomic E-state index is 0.569. The van der Waals surface area contributed by atoms with Crippen LogP contribution in [-0.2, 0) is 5.60 Å². The van der Waals surface area contributed by atoms with E-state index in [1.165, 1.54) is 0 Å². The maximum absolute atomic E-state index is 9.81. The third-order valence-electron chi connectivity index (χ3n) is 2.01. The number of nitrogens with zero attached hydrogens (tertiary/aromatic N) is 1. The number of rotatable bonds is 1. The summed E-state index contributed by atoms with van der Waals surface area (Å²) in [6.07, 6.45) is 0. The van der Waals surface area contributed by atoms with Crippen molar-refractivity contribution in [2.24, 2.45) is 0 Å². The van der Waals surface area contributed by atoms with Crippen molar-refractivity contribution in [1.82, 2.24) is 5.16 Å². The van der Waals surface area contributed by atoms with Crippen LogP contribution in [0.4, 0.5) is 0 Å². The fraction of sp³-hybridized carbons (Fsp3) is 0.300. The van der Waals surface area contributed by atoms with Crippen LogP contribution in [-0.4, -0.2) is 10.3 Å². The van der Waals surface area contributed by atoms with Gasteiger partial charge in [-0.3, -0.25) is 0 Å². The fourth-order valence-corrected chi connectivity index (χ4v) is 1.69. The lowest BCUT2D eigenvalue weighted by molar-refractivity contribution is 0.0716. The predicted molar refractivity (Wildman–Crippen MR) is 57.0 cm³/mol. The Morgan fingerprint density at radius 1 is 1.43 bits per heavy atom. The highest BCUT2D eigenvalue weighted by atomic mass is 79.9. The quantitative estimate of drug-likeness (QED) is 0.853. The topological polar surface area (TPSA) is 46.3 Å². The van der Waals surface area contributed by atoms with Crippen molar-refractivity contribution in [1.29, 1.82) is 0 Å². The van der Waals surface area contributed by atoms with Crippen molar-refractivity contribution in [3.05, 3.63) is 28.4 Å². The van der Waals surface area contributed by atoms with Gasteiger partial charge in [-0.05, 0) is 32.0 Å². The zero-order valence-corrected chi connectivity index (χ0v) is 9.50. The standard InChI is InChI=1S/C10H10BrNO2/c1-10(2,13)9-7-4-3-6(11)5-8(7)14-12-9/h3-5,13H,1-2H3. The first kappa shape index (κ1) is 9.68. The van der Waals surface area contributed by atoms with Crippen LogP contribution in [0.2, 0.25) is 0 Å². The highest BCUT2D eigenvalue weighted by molar-refractivity contribution is 9.10. The third-order valence-corrected chi connectivity index (χ3v) is 2.51. The van der Waals surface area contributed by atoms with Crippen LogP contribution >= 0.6 is 15.9 Å². The van der Waals surface area contributed by atoms with Crippen molar-refractivity contribution in [2.45, 2.75) is 19.4 Å². The van der Waals surface area contributed by atoms with Gasteiger partial charge in [0.15, 0.2) is 5.58 Å². The lowest BCUT2D eigenvalue weighted by Crippen LogP contribution is -2.16. The van der Waals surface area contributed by atoms with E-state index in [4.69, 9.17) is 4.52 Å². The van der Waals surface area contributed by atoms with E-state index in [1.54, 1.807) is 13.8 Å². The van der Waals surface area contributed by atoms with Gasteiger partial charge in [0.25, 0.3) is 0 Å². The Hall–Kier alpha value is -0.870. The second-order valence-electron chi connectivity index (χ2n) is 3.73. The van der Waals surface area contributed by atoms with E-state index >= 15 is 0 Å². The molecule has 4 heteroatoms. The molecular weight excluding hydrogens is 246 g/mol. The van der Waals surface area contributed by atoms with E-state index in [1.807, 2.05) is 18.2 Å². The second-order valence-corrected chi connectivity index (χ2v) is 4.65. The number of hydrogen-bond donors (Lipinski definition) is 1. The SMILES string of the molecule is CC(C)(O)c1noc2cc(Br)ccc12. The highest BCUT2D eigenvalue weighted by Gasteiger charge is 2.23. The summed E-state index contributed by atoms with van der Waals surface area (Å²) < 4.78 is 6.05. The van der Waals surface area contributed by atoms with Gasteiger partial charge >= 0.3 is 0 Å².